The Kier molecular flexibility index (Phi) is 5.57. The number of nitro groups is 1. The summed E-state index contributed by atoms with van der Waals surface area (Å²) in [5.74, 6) is -0.213. The molecule has 0 unspecified atom stereocenters. The minimum absolute atomic E-state index is 0.00239. The van der Waals surface area contributed by atoms with Crippen LogP contribution in [0.5, 0.6) is 0 Å². The summed E-state index contributed by atoms with van der Waals surface area (Å²) in [6.07, 6.45) is 0. The van der Waals surface area contributed by atoms with Crippen LogP contribution < -0.4 is 0 Å². The smallest absolute Gasteiger partial charge is 0.324 e. The van der Waals surface area contributed by atoms with Gasteiger partial charge in [0.05, 0.1) is 29.8 Å². The maximum atomic E-state index is 13.3. The minimum atomic E-state index is -0.755. The number of amides is 3. The lowest BCUT2D eigenvalue weighted by Crippen LogP contribution is -2.50. The summed E-state index contributed by atoms with van der Waals surface area (Å²) in [5, 5.41) is 11.3. The van der Waals surface area contributed by atoms with Crippen molar-refractivity contribution in [3.63, 3.8) is 0 Å². The van der Waals surface area contributed by atoms with Gasteiger partial charge in [0.2, 0.25) is 0 Å². The SMILES string of the molecule is CC1=C(C(=O)N2CCOCC2)[C@@H](c2ccc(Cl)c([N+](=O)[O-])c2)N(C)C(=O)N1C. The van der Waals surface area contributed by atoms with Crippen molar-refractivity contribution in [2.45, 2.75) is 13.0 Å². The van der Waals surface area contributed by atoms with Crippen molar-refractivity contribution in [1.29, 1.82) is 0 Å². The van der Waals surface area contributed by atoms with E-state index in [1.807, 2.05) is 0 Å². The summed E-state index contributed by atoms with van der Waals surface area (Å²) in [6.45, 7) is 3.49. The molecule has 1 atom stereocenters. The normalized spacial score (nSPS) is 20.6. The molecule has 10 heteroatoms. The Bertz CT molecular complexity index is 866. The predicted molar refractivity (Wildman–Crippen MR) is 102 cm³/mol. The number of rotatable bonds is 3. The van der Waals surface area contributed by atoms with E-state index in [4.69, 9.17) is 16.3 Å². The van der Waals surface area contributed by atoms with E-state index >= 15 is 0 Å². The molecule has 1 fully saturated rings. The van der Waals surface area contributed by atoms with Crippen molar-refractivity contribution in [2.75, 3.05) is 40.4 Å². The van der Waals surface area contributed by atoms with Gasteiger partial charge in [-0.2, -0.15) is 0 Å². The molecule has 3 amide bonds. The van der Waals surface area contributed by atoms with Crippen LogP contribution >= 0.6 is 11.6 Å². The summed E-state index contributed by atoms with van der Waals surface area (Å²) in [7, 11) is 3.17. The van der Waals surface area contributed by atoms with Gasteiger partial charge in [-0.25, -0.2) is 4.79 Å². The number of hydrogen-bond donors (Lipinski definition) is 0. The standard InChI is InChI=1S/C18H21ClN4O5/c1-11-15(17(24)22-6-8-28-9-7-22)16(21(3)18(25)20(11)2)12-4-5-13(19)14(10-12)23(26)27/h4-5,10,16H,6-9H2,1-3H3/t16-/m1/s1. The van der Waals surface area contributed by atoms with E-state index in [2.05, 4.69) is 0 Å². The first kappa shape index (κ1) is 20.1. The molecule has 2 aliphatic rings. The Hall–Kier alpha value is -2.65. The number of nitrogens with zero attached hydrogens (tertiary/aromatic N) is 4. The molecule has 150 valence electrons. The maximum absolute atomic E-state index is 13.3. The summed E-state index contributed by atoms with van der Waals surface area (Å²) in [6, 6.07) is 3.28. The third-order valence-corrected chi connectivity index (χ3v) is 5.47. The summed E-state index contributed by atoms with van der Waals surface area (Å²) >= 11 is 5.94. The van der Waals surface area contributed by atoms with E-state index in [1.54, 1.807) is 32.0 Å². The zero-order valence-corrected chi connectivity index (χ0v) is 16.6. The second kappa shape index (κ2) is 7.76. The second-order valence-electron chi connectivity index (χ2n) is 6.73. The average molecular weight is 409 g/mol. The molecule has 0 N–H and O–H groups in total. The topological polar surface area (TPSA) is 96.2 Å². The zero-order chi connectivity index (χ0) is 20.6. The van der Waals surface area contributed by atoms with E-state index < -0.39 is 11.0 Å². The van der Waals surface area contributed by atoms with Crippen LogP contribution in [-0.2, 0) is 9.53 Å². The Labute approximate surface area is 167 Å². The van der Waals surface area contributed by atoms with Crippen molar-refractivity contribution in [3.8, 4) is 0 Å². The first-order chi connectivity index (χ1) is 13.2. The van der Waals surface area contributed by atoms with Gasteiger partial charge < -0.3 is 19.4 Å². The van der Waals surface area contributed by atoms with Crippen molar-refractivity contribution in [3.05, 3.63) is 50.2 Å². The highest BCUT2D eigenvalue weighted by atomic mass is 35.5. The Morgan fingerprint density at radius 3 is 2.54 bits per heavy atom. The van der Waals surface area contributed by atoms with E-state index in [9.17, 15) is 19.7 Å². The van der Waals surface area contributed by atoms with E-state index in [0.717, 1.165) is 0 Å². The monoisotopic (exact) mass is 408 g/mol. The molecule has 0 bridgehead atoms. The number of morpholine rings is 1. The van der Waals surface area contributed by atoms with Crippen molar-refractivity contribution in [1.82, 2.24) is 14.7 Å². The first-order valence-corrected chi connectivity index (χ1v) is 9.14. The Morgan fingerprint density at radius 1 is 1.29 bits per heavy atom. The molecule has 0 spiro atoms. The van der Waals surface area contributed by atoms with Gasteiger partial charge in [-0.1, -0.05) is 17.7 Å². The van der Waals surface area contributed by atoms with Gasteiger partial charge in [-0.15, -0.1) is 0 Å². The average Bonchev–Trinajstić information content (AvgIpc) is 2.69. The Balaban J connectivity index is 2.12. The molecule has 9 nitrogen and oxygen atoms in total. The van der Waals surface area contributed by atoms with Crippen LogP contribution in [0, 0.1) is 10.1 Å². The number of urea groups is 1. The molecule has 1 saturated heterocycles. The van der Waals surface area contributed by atoms with Crippen LogP contribution in [0.3, 0.4) is 0 Å². The summed E-state index contributed by atoms with van der Waals surface area (Å²) in [5.41, 5.74) is 1.11. The van der Waals surface area contributed by atoms with Crippen molar-refractivity contribution in [2.24, 2.45) is 0 Å². The second-order valence-corrected chi connectivity index (χ2v) is 7.13. The van der Waals surface area contributed by atoms with Gasteiger partial charge in [0.15, 0.2) is 0 Å². The predicted octanol–water partition coefficient (Wildman–Crippen LogP) is 2.42. The van der Waals surface area contributed by atoms with Gasteiger partial charge >= 0.3 is 6.03 Å². The summed E-state index contributed by atoms with van der Waals surface area (Å²) < 4.78 is 5.32. The van der Waals surface area contributed by atoms with Crippen LogP contribution in [0.25, 0.3) is 0 Å². The third-order valence-electron chi connectivity index (χ3n) is 5.15. The number of carbonyl (C=O) groups is 2. The largest absolute Gasteiger partial charge is 0.378 e. The quantitative estimate of drug-likeness (QED) is 0.565. The van der Waals surface area contributed by atoms with Gasteiger partial charge in [-0.3, -0.25) is 14.9 Å². The number of carbonyl (C=O) groups excluding carboxylic acids is 2. The number of ether oxygens (including phenoxy) is 1. The van der Waals surface area contributed by atoms with Crippen LogP contribution in [0.4, 0.5) is 10.5 Å². The fourth-order valence-corrected chi connectivity index (χ4v) is 3.69. The summed E-state index contributed by atoms with van der Waals surface area (Å²) in [4.78, 5) is 41.2. The highest BCUT2D eigenvalue weighted by molar-refractivity contribution is 6.32. The van der Waals surface area contributed by atoms with Crippen LogP contribution in [0.1, 0.15) is 18.5 Å². The van der Waals surface area contributed by atoms with Crippen molar-refractivity contribution < 1.29 is 19.2 Å². The van der Waals surface area contributed by atoms with Gasteiger partial charge in [0, 0.05) is 38.9 Å². The molecule has 0 aliphatic carbocycles. The number of nitro benzene ring substituents is 1. The van der Waals surface area contributed by atoms with E-state index in [1.165, 1.54) is 21.9 Å². The first-order valence-electron chi connectivity index (χ1n) is 8.76. The highest BCUT2D eigenvalue weighted by Crippen LogP contribution is 2.39. The molecular weight excluding hydrogens is 388 g/mol. The molecule has 28 heavy (non-hydrogen) atoms. The van der Waals surface area contributed by atoms with Gasteiger partial charge in [-0.05, 0) is 18.6 Å². The molecule has 0 aromatic heterocycles. The van der Waals surface area contributed by atoms with Crippen LogP contribution in [-0.4, -0.2) is 72.0 Å². The van der Waals surface area contributed by atoms with Gasteiger partial charge in [0.25, 0.3) is 11.6 Å². The lowest BCUT2D eigenvalue weighted by molar-refractivity contribution is -0.384. The van der Waals surface area contributed by atoms with E-state index in [0.29, 0.717) is 43.1 Å². The maximum Gasteiger partial charge on any atom is 0.324 e. The molecule has 2 aliphatic heterocycles. The van der Waals surface area contributed by atoms with Gasteiger partial charge in [0.1, 0.15) is 5.02 Å². The molecule has 2 heterocycles. The molecule has 3 rings (SSSR count). The van der Waals surface area contributed by atoms with Crippen LogP contribution in [0.2, 0.25) is 5.02 Å². The van der Waals surface area contributed by atoms with E-state index in [-0.39, 0.29) is 22.6 Å². The number of allylic oxidation sites excluding steroid dienone is 1. The number of halogens is 1. The minimum Gasteiger partial charge on any atom is -0.378 e. The lowest BCUT2D eigenvalue weighted by Gasteiger charge is -2.41. The van der Waals surface area contributed by atoms with Crippen LogP contribution in [0.15, 0.2) is 29.5 Å². The third kappa shape index (κ3) is 3.43. The highest BCUT2D eigenvalue weighted by Gasteiger charge is 2.40. The number of hydrogen-bond acceptors (Lipinski definition) is 5. The molecule has 0 radical (unpaired) electrons. The number of benzene rings is 1. The van der Waals surface area contributed by atoms with Crippen molar-refractivity contribution >= 4 is 29.2 Å². The zero-order valence-electron chi connectivity index (χ0n) is 15.8. The fourth-order valence-electron chi connectivity index (χ4n) is 3.50. The number of likely N-dealkylation sites (N-methyl/N-ethyl adjacent to an activating group) is 1. The fraction of sp³-hybridized carbons (Fsp3) is 0.444. The molecular formula is C18H21ClN4O5. The molecule has 1 aromatic carbocycles. The molecule has 0 saturated carbocycles. The lowest BCUT2D eigenvalue weighted by atomic mass is 9.92. The molecule has 1 aromatic rings. The Morgan fingerprint density at radius 2 is 1.93 bits per heavy atom.